The third-order valence-corrected chi connectivity index (χ3v) is 2.58. The predicted molar refractivity (Wildman–Crippen MR) is 56.2 cm³/mol. The number of methoxy groups -OCH3 is 1. The molecule has 0 unspecified atom stereocenters. The van der Waals surface area contributed by atoms with E-state index in [9.17, 15) is 9.90 Å². The normalized spacial score (nSPS) is 14.6. The first-order valence-electron chi connectivity index (χ1n) is 4.90. The summed E-state index contributed by atoms with van der Waals surface area (Å²) < 4.78 is 4.70. The number of phenolic OH excluding ortho intramolecular Hbond substituents is 1. The maximum Gasteiger partial charge on any atom is 0.414 e. The summed E-state index contributed by atoms with van der Waals surface area (Å²) in [6, 6.07) is 5.03. The lowest BCUT2D eigenvalue weighted by Gasteiger charge is -2.28. The molecule has 1 aromatic rings. The van der Waals surface area contributed by atoms with Gasteiger partial charge in [-0.05, 0) is 36.6 Å². The van der Waals surface area contributed by atoms with Crippen LogP contribution in [-0.4, -0.2) is 24.9 Å². The second-order valence-corrected chi connectivity index (χ2v) is 3.54. The molecule has 0 fully saturated rings. The van der Waals surface area contributed by atoms with Crippen LogP contribution in [0, 0.1) is 0 Å². The van der Waals surface area contributed by atoms with E-state index in [0.717, 1.165) is 24.1 Å². The number of anilines is 1. The average Bonchev–Trinajstić information content (AvgIpc) is 2.26. The number of aromatic hydroxyl groups is 1. The number of carbonyl (C=O) groups excluding carboxylic acids is 1. The summed E-state index contributed by atoms with van der Waals surface area (Å²) in [6.07, 6.45) is 1.43. The smallest absolute Gasteiger partial charge is 0.414 e. The van der Waals surface area contributed by atoms with Crippen molar-refractivity contribution >= 4 is 11.8 Å². The molecule has 0 spiro atoms. The summed E-state index contributed by atoms with van der Waals surface area (Å²) >= 11 is 0. The number of rotatable bonds is 0. The molecule has 0 aromatic heterocycles. The van der Waals surface area contributed by atoms with Gasteiger partial charge in [0.15, 0.2) is 0 Å². The Hall–Kier alpha value is -1.71. The van der Waals surface area contributed by atoms with E-state index in [1.165, 1.54) is 7.11 Å². The highest BCUT2D eigenvalue weighted by atomic mass is 16.5. The monoisotopic (exact) mass is 207 g/mol. The number of benzene rings is 1. The maximum atomic E-state index is 11.5. The minimum absolute atomic E-state index is 0.237. The van der Waals surface area contributed by atoms with Gasteiger partial charge in [0.25, 0.3) is 0 Å². The van der Waals surface area contributed by atoms with Crippen molar-refractivity contribution < 1.29 is 14.6 Å². The van der Waals surface area contributed by atoms with Crippen LogP contribution >= 0.6 is 0 Å². The Labute approximate surface area is 88.1 Å². The highest BCUT2D eigenvalue weighted by Crippen LogP contribution is 2.30. The SMILES string of the molecule is COC(=O)N1CCCc2cc(O)ccc21. The number of phenols is 1. The molecule has 0 saturated carbocycles. The van der Waals surface area contributed by atoms with Gasteiger partial charge in [-0.1, -0.05) is 0 Å². The van der Waals surface area contributed by atoms with Crippen molar-refractivity contribution in [3.05, 3.63) is 23.8 Å². The van der Waals surface area contributed by atoms with Crippen LogP contribution < -0.4 is 4.90 Å². The molecule has 1 amide bonds. The number of nitrogens with zero attached hydrogens (tertiary/aromatic N) is 1. The quantitative estimate of drug-likeness (QED) is 0.707. The van der Waals surface area contributed by atoms with E-state index in [0.29, 0.717) is 6.54 Å². The molecule has 1 aliphatic rings. The number of carbonyl (C=O) groups is 1. The van der Waals surface area contributed by atoms with Crippen molar-refractivity contribution in [1.29, 1.82) is 0 Å². The van der Waals surface area contributed by atoms with Crippen LogP contribution in [0.5, 0.6) is 5.75 Å². The van der Waals surface area contributed by atoms with Gasteiger partial charge < -0.3 is 9.84 Å². The van der Waals surface area contributed by atoms with E-state index in [1.807, 2.05) is 0 Å². The molecular formula is C11H13NO3. The first kappa shape index (κ1) is 9.83. The second kappa shape index (κ2) is 3.81. The molecule has 1 N–H and O–H groups in total. The van der Waals surface area contributed by atoms with Gasteiger partial charge in [0.05, 0.1) is 12.8 Å². The zero-order valence-corrected chi connectivity index (χ0v) is 8.56. The predicted octanol–water partition coefficient (Wildman–Crippen LogP) is 1.91. The first-order valence-corrected chi connectivity index (χ1v) is 4.90. The minimum atomic E-state index is -0.346. The van der Waals surface area contributed by atoms with Crippen molar-refractivity contribution in [1.82, 2.24) is 0 Å². The molecule has 80 valence electrons. The minimum Gasteiger partial charge on any atom is -0.508 e. The standard InChI is InChI=1S/C11H13NO3/c1-15-11(14)12-6-2-3-8-7-9(13)4-5-10(8)12/h4-5,7,13H,2-3,6H2,1H3. The van der Waals surface area contributed by atoms with E-state index in [1.54, 1.807) is 23.1 Å². The van der Waals surface area contributed by atoms with E-state index in [-0.39, 0.29) is 11.8 Å². The third-order valence-electron chi connectivity index (χ3n) is 2.58. The van der Waals surface area contributed by atoms with Crippen molar-refractivity contribution in [2.24, 2.45) is 0 Å². The summed E-state index contributed by atoms with van der Waals surface area (Å²) in [6.45, 7) is 0.671. The van der Waals surface area contributed by atoms with E-state index in [2.05, 4.69) is 0 Å². The molecule has 0 saturated heterocycles. The average molecular weight is 207 g/mol. The molecule has 4 nitrogen and oxygen atoms in total. The van der Waals surface area contributed by atoms with Crippen LogP contribution in [0.3, 0.4) is 0 Å². The van der Waals surface area contributed by atoms with Gasteiger partial charge in [-0.25, -0.2) is 4.79 Å². The second-order valence-electron chi connectivity index (χ2n) is 3.54. The Morgan fingerprint density at radius 1 is 1.53 bits per heavy atom. The Morgan fingerprint density at radius 2 is 2.33 bits per heavy atom. The lowest BCUT2D eigenvalue weighted by atomic mass is 10.0. The van der Waals surface area contributed by atoms with Gasteiger partial charge >= 0.3 is 6.09 Å². The summed E-state index contributed by atoms with van der Waals surface area (Å²) in [5.74, 6) is 0.237. The van der Waals surface area contributed by atoms with Crippen molar-refractivity contribution in [2.75, 3.05) is 18.6 Å². The molecular weight excluding hydrogens is 194 g/mol. The van der Waals surface area contributed by atoms with Gasteiger partial charge in [-0.3, -0.25) is 4.90 Å². The molecule has 0 aliphatic carbocycles. The third kappa shape index (κ3) is 1.75. The molecule has 2 rings (SSSR count). The molecule has 0 radical (unpaired) electrons. The Balaban J connectivity index is 2.38. The summed E-state index contributed by atoms with van der Waals surface area (Å²) in [5.41, 5.74) is 1.83. The van der Waals surface area contributed by atoms with Gasteiger partial charge in [0.1, 0.15) is 5.75 Å². The maximum absolute atomic E-state index is 11.5. The Morgan fingerprint density at radius 3 is 3.07 bits per heavy atom. The van der Waals surface area contributed by atoms with Crippen molar-refractivity contribution in [3.8, 4) is 5.75 Å². The number of fused-ring (bicyclic) bond motifs is 1. The fourth-order valence-electron chi connectivity index (χ4n) is 1.88. The van der Waals surface area contributed by atoms with E-state index < -0.39 is 0 Å². The Kier molecular flexibility index (Phi) is 2.49. The van der Waals surface area contributed by atoms with Crippen LogP contribution in [0.15, 0.2) is 18.2 Å². The topological polar surface area (TPSA) is 49.8 Å². The number of ether oxygens (including phenoxy) is 1. The Bertz CT molecular complexity index is 389. The lowest BCUT2D eigenvalue weighted by molar-refractivity contribution is 0.178. The van der Waals surface area contributed by atoms with Crippen LogP contribution in [0.25, 0.3) is 0 Å². The largest absolute Gasteiger partial charge is 0.508 e. The van der Waals surface area contributed by atoms with E-state index >= 15 is 0 Å². The van der Waals surface area contributed by atoms with Gasteiger partial charge in [-0.15, -0.1) is 0 Å². The highest BCUT2D eigenvalue weighted by Gasteiger charge is 2.22. The number of amides is 1. The first-order chi connectivity index (χ1) is 7.22. The van der Waals surface area contributed by atoms with Crippen molar-refractivity contribution in [3.63, 3.8) is 0 Å². The zero-order chi connectivity index (χ0) is 10.8. The van der Waals surface area contributed by atoms with Crippen LogP contribution in [0.1, 0.15) is 12.0 Å². The summed E-state index contributed by atoms with van der Waals surface area (Å²) in [7, 11) is 1.37. The van der Waals surface area contributed by atoms with Gasteiger partial charge in [0, 0.05) is 6.54 Å². The fourth-order valence-corrected chi connectivity index (χ4v) is 1.88. The summed E-state index contributed by atoms with van der Waals surface area (Å²) in [4.78, 5) is 13.1. The van der Waals surface area contributed by atoms with Crippen molar-refractivity contribution in [2.45, 2.75) is 12.8 Å². The summed E-state index contributed by atoms with van der Waals surface area (Å²) in [5, 5.41) is 9.34. The number of aryl methyl sites for hydroxylation is 1. The van der Waals surface area contributed by atoms with Crippen LogP contribution in [-0.2, 0) is 11.2 Å². The lowest BCUT2D eigenvalue weighted by Crippen LogP contribution is -2.35. The number of hydrogen-bond donors (Lipinski definition) is 1. The molecule has 0 atom stereocenters. The molecule has 1 aromatic carbocycles. The molecule has 1 heterocycles. The number of hydrogen-bond acceptors (Lipinski definition) is 3. The molecule has 4 heteroatoms. The zero-order valence-electron chi connectivity index (χ0n) is 8.56. The molecule has 0 bridgehead atoms. The molecule has 15 heavy (non-hydrogen) atoms. The van der Waals surface area contributed by atoms with Gasteiger partial charge in [-0.2, -0.15) is 0 Å². The van der Waals surface area contributed by atoms with Gasteiger partial charge in [0.2, 0.25) is 0 Å². The highest BCUT2D eigenvalue weighted by molar-refractivity contribution is 5.89. The van der Waals surface area contributed by atoms with E-state index in [4.69, 9.17) is 4.74 Å². The fraction of sp³-hybridized carbons (Fsp3) is 0.364. The van der Waals surface area contributed by atoms with Crippen LogP contribution in [0.2, 0.25) is 0 Å². The van der Waals surface area contributed by atoms with Crippen LogP contribution in [0.4, 0.5) is 10.5 Å². The molecule has 1 aliphatic heterocycles.